The Morgan fingerprint density at radius 1 is 1.08 bits per heavy atom. The molecule has 2 saturated carbocycles. The van der Waals surface area contributed by atoms with Gasteiger partial charge >= 0.3 is 0 Å². The minimum Gasteiger partial charge on any atom is -0.314 e. The normalized spacial score (nSPS) is 31.1. The van der Waals surface area contributed by atoms with Crippen LogP contribution in [0.2, 0.25) is 0 Å². The Hall–Kier alpha value is -2.38. The minimum atomic E-state index is 0.200. The van der Waals surface area contributed by atoms with Gasteiger partial charge in [0.15, 0.2) is 0 Å². The molecule has 4 aliphatic rings. The lowest BCUT2D eigenvalue weighted by Gasteiger charge is -2.45. The van der Waals surface area contributed by atoms with E-state index in [9.17, 15) is 0 Å². The summed E-state index contributed by atoms with van der Waals surface area (Å²) in [6.45, 7) is 0. The minimum absolute atomic E-state index is 0.200. The van der Waals surface area contributed by atoms with Crippen LogP contribution >= 0.6 is 0 Å². The van der Waals surface area contributed by atoms with E-state index in [1.54, 1.807) is 0 Å². The number of fused-ring (bicyclic) bond motifs is 6. The summed E-state index contributed by atoms with van der Waals surface area (Å²) in [6.07, 6.45) is 13.5. The highest BCUT2D eigenvalue weighted by Crippen LogP contribution is 2.45. The van der Waals surface area contributed by atoms with Crippen molar-refractivity contribution in [1.29, 1.82) is 0 Å². The topological polar surface area (TPSA) is 76.2 Å². The maximum absolute atomic E-state index is 4.67. The molecule has 8 nitrogen and oxygen atoms in total. The first-order chi connectivity index (χ1) is 11.9. The van der Waals surface area contributed by atoms with Crippen LogP contribution in [0.3, 0.4) is 0 Å². The van der Waals surface area contributed by atoms with Gasteiger partial charge in [-0.15, -0.1) is 10.2 Å². The molecule has 3 atom stereocenters. The molecule has 24 heavy (non-hydrogen) atoms. The second-order valence-electron chi connectivity index (χ2n) is 7.38. The summed E-state index contributed by atoms with van der Waals surface area (Å²) in [6, 6.07) is 0.526. The molecule has 2 aliphatic carbocycles. The van der Waals surface area contributed by atoms with Crippen molar-refractivity contribution in [2.75, 3.05) is 4.90 Å². The molecule has 0 radical (unpaired) electrons. The number of hydrogen-bond acceptors (Lipinski definition) is 6. The molecule has 2 aliphatic heterocycles. The van der Waals surface area contributed by atoms with Gasteiger partial charge < -0.3 is 4.57 Å². The van der Waals surface area contributed by atoms with Gasteiger partial charge in [-0.2, -0.15) is 4.68 Å². The smallest absolute Gasteiger partial charge is 0.252 e. The van der Waals surface area contributed by atoms with Crippen molar-refractivity contribution in [3.8, 4) is 0 Å². The van der Waals surface area contributed by atoms with E-state index in [0.29, 0.717) is 17.9 Å². The van der Waals surface area contributed by atoms with Gasteiger partial charge in [0.25, 0.3) is 5.96 Å². The van der Waals surface area contributed by atoms with E-state index in [1.807, 2.05) is 23.4 Å². The molecule has 0 spiro atoms. The molecule has 2 aromatic rings. The van der Waals surface area contributed by atoms with Crippen molar-refractivity contribution >= 4 is 11.8 Å². The van der Waals surface area contributed by atoms with E-state index in [2.05, 4.69) is 35.3 Å². The molecule has 4 heterocycles. The highest BCUT2D eigenvalue weighted by Gasteiger charge is 2.47. The number of nitrogens with one attached hydrogen (secondary N) is 1. The first-order valence-electron chi connectivity index (χ1n) is 8.97. The summed E-state index contributed by atoms with van der Waals surface area (Å²) in [5.74, 6) is 3.09. The quantitative estimate of drug-likeness (QED) is 0.863. The molecule has 8 heteroatoms. The largest absolute Gasteiger partial charge is 0.314 e. The van der Waals surface area contributed by atoms with Gasteiger partial charge in [0.1, 0.15) is 12.0 Å². The lowest BCUT2D eigenvalue weighted by atomic mass is 9.80. The Balaban J connectivity index is 1.46. The first kappa shape index (κ1) is 13.0. The second kappa shape index (κ2) is 4.58. The first-order valence-corrected chi connectivity index (χ1v) is 8.97. The third kappa shape index (κ3) is 1.63. The van der Waals surface area contributed by atoms with Crippen LogP contribution in [0.1, 0.15) is 56.2 Å². The van der Waals surface area contributed by atoms with E-state index in [-0.39, 0.29) is 6.17 Å². The Labute approximate surface area is 139 Å². The van der Waals surface area contributed by atoms with Crippen molar-refractivity contribution in [1.82, 2.24) is 30.0 Å². The Morgan fingerprint density at radius 3 is 2.92 bits per heavy atom. The van der Waals surface area contributed by atoms with E-state index in [0.717, 1.165) is 11.8 Å². The van der Waals surface area contributed by atoms with Crippen LogP contribution in [0.4, 0.5) is 5.82 Å². The summed E-state index contributed by atoms with van der Waals surface area (Å²) >= 11 is 0. The fourth-order valence-corrected chi connectivity index (χ4v) is 4.69. The molecule has 6 rings (SSSR count). The maximum atomic E-state index is 4.67. The predicted octanol–water partition coefficient (Wildman–Crippen LogP) is 1.65. The maximum Gasteiger partial charge on any atom is 0.252 e. The van der Waals surface area contributed by atoms with Crippen LogP contribution in [0.15, 0.2) is 23.8 Å². The third-order valence-electron chi connectivity index (χ3n) is 5.99. The van der Waals surface area contributed by atoms with E-state index in [1.165, 1.54) is 44.2 Å². The second-order valence-corrected chi connectivity index (χ2v) is 7.38. The summed E-state index contributed by atoms with van der Waals surface area (Å²) in [5.41, 5.74) is 4.57. The lowest BCUT2D eigenvalue weighted by molar-refractivity contribution is 0.175. The Bertz CT molecular complexity index is 816. The van der Waals surface area contributed by atoms with Crippen molar-refractivity contribution < 1.29 is 0 Å². The molecule has 0 bridgehead atoms. The standard InChI is InChI=1S/C16H20N8/c1-2-4-12-11(3-1)15-19-20-16(23(15)14-8-17-9-22(12)14)24-13(7-18-21-24)10-5-6-10/h7-12,15,19H,1-6H2. The molecule has 3 unspecified atom stereocenters. The van der Waals surface area contributed by atoms with Crippen LogP contribution in [-0.4, -0.2) is 36.7 Å². The Kier molecular flexibility index (Phi) is 2.48. The van der Waals surface area contributed by atoms with Gasteiger partial charge in [-0.1, -0.05) is 18.1 Å². The van der Waals surface area contributed by atoms with E-state index < -0.39 is 0 Å². The molecule has 0 saturated heterocycles. The molecule has 1 N–H and O–H groups in total. The molecule has 0 amide bonds. The predicted molar refractivity (Wildman–Crippen MR) is 87.5 cm³/mol. The van der Waals surface area contributed by atoms with Gasteiger partial charge in [-0.3, -0.25) is 10.3 Å². The number of hydrazone groups is 1. The third-order valence-corrected chi connectivity index (χ3v) is 5.99. The van der Waals surface area contributed by atoms with Crippen LogP contribution in [0.5, 0.6) is 0 Å². The SMILES string of the molecule is c1ncn2c1N1C(n3nncc3C3CC3)=NNC1C1CCCCC12. The fraction of sp³-hybridized carbons (Fsp3) is 0.625. The van der Waals surface area contributed by atoms with Crippen molar-refractivity contribution in [2.24, 2.45) is 11.0 Å². The molecule has 2 aromatic heterocycles. The van der Waals surface area contributed by atoms with Gasteiger partial charge in [0, 0.05) is 17.9 Å². The zero-order chi connectivity index (χ0) is 15.7. The van der Waals surface area contributed by atoms with Gasteiger partial charge in [0.2, 0.25) is 0 Å². The summed E-state index contributed by atoms with van der Waals surface area (Å²) in [5, 5.41) is 13.2. The monoisotopic (exact) mass is 324 g/mol. The van der Waals surface area contributed by atoms with E-state index in [4.69, 9.17) is 0 Å². The van der Waals surface area contributed by atoms with Gasteiger partial charge in [-0.05, 0) is 25.7 Å². The highest BCUT2D eigenvalue weighted by atomic mass is 15.6. The Morgan fingerprint density at radius 2 is 2.00 bits per heavy atom. The number of nitrogens with zero attached hydrogens (tertiary/aromatic N) is 7. The van der Waals surface area contributed by atoms with Gasteiger partial charge in [-0.25, -0.2) is 4.98 Å². The summed E-state index contributed by atoms with van der Waals surface area (Å²) in [4.78, 5) is 6.71. The molecular formula is C16H20N8. The molecule has 124 valence electrons. The van der Waals surface area contributed by atoms with Crippen molar-refractivity contribution in [2.45, 2.75) is 56.7 Å². The summed E-state index contributed by atoms with van der Waals surface area (Å²) < 4.78 is 4.27. The van der Waals surface area contributed by atoms with Gasteiger partial charge in [0.05, 0.1) is 24.4 Å². The zero-order valence-corrected chi connectivity index (χ0v) is 13.4. The molecular weight excluding hydrogens is 304 g/mol. The average Bonchev–Trinajstić information content (AvgIpc) is 3.05. The molecule has 0 aromatic carbocycles. The lowest BCUT2D eigenvalue weighted by Crippen LogP contribution is -2.54. The molecule has 2 fully saturated rings. The number of anilines is 1. The summed E-state index contributed by atoms with van der Waals surface area (Å²) in [7, 11) is 0. The number of hydrogen-bond donors (Lipinski definition) is 1. The number of rotatable bonds is 1. The van der Waals surface area contributed by atoms with E-state index >= 15 is 0 Å². The van der Waals surface area contributed by atoms with Crippen LogP contribution in [0, 0.1) is 5.92 Å². The zero-order valence-electron chi connectivity index (χ0n) is 13.4. The van der Waals surface area contributed by atoms with Crippen LogP contribution in [0.25, 0.3) is 0 Å². The highest BCUT2D eigenvalue weighted by molar-refractivity contribution is 5.98. The number of imidazole rings is 1. The van der Waals surface area contributed by atoms with Crippen molar-refractivity contribution in [3.63, 3.8) is 0 Å². The van der Waals surface area contributed by atoms with Crippen molar-refractivity contribution in [3.05, 3.63) is 24.4 Å². The average molecular weight is 324 g/mol. The van der Waals surface area contributed by atoms with Crippen LogP contribution in [-0.2, 0) is 0 Å². The van der Waals surface area contributed by atoms with Crippen LogP contribution < -0.4 is 10.3 Å². The number of aromatic nitrogens is 5. The fourth-order valence-electron chi connectivity index (χ4n) is 4.69.